The number of benzene rings is 3. The van der Waals surface area contributed by atoms with Gasteiger partial charge in [-0.15, -0.1) is 0 Å². The lowest BCUT2D eigenvalue weighted by Crippen LogP contribution is -2.33. The Morgan fingerprint density at radius 2 is 2.00 bits per heavy atom. The summed E-state index contributed by atoms with van der Waals surface area (Å²) < 4.78 is 5.62. The van der Waals surface area contributed by atoms with Gasteiger partial charge < -0.3 is 9.47 Å². The fourth-order valence-electron chi connectivity index (χ4n) is 5.27. The Hall–Kier alpha value is -3.06. The van der Waals surface area contributed by atoms with Crippen LogP contribution in [0.4, 0.5) is 5.69 Å². The van der Waals surface area contributed by atoms with E-state index in [1.165, 1.54) is 16.7 Å². The van der Waals surface area contributed by atoms with Crippen LogP contribution in [-0.4, -0.2) is 15.5 Å². The number of carbonyl (C=O) groups is 1. The van der Waals surface area contributed by atoms with E-state index in [0.717, 1.165) is 40.7 Å². The zero-order valence-electron chi connectivity index (χ0n) is 20.7. The first kappa shape index (κ1) is 24.3. The fraction of sp³-hybridized carbons (Fsp3) is 0.267. The van der Waals surface area contributed by atoms with Crippen molar-refractivity contribution < 1.29 is 4.79 Å². The van der Waals surface area contributed by atoms with Gasteiger partial charge in [0.2, 0.25) is 5.91 Å². The van der Waals surface area contributed by atoms with Crippen molar-refractivity contribution in [2.75, 3.05) is 4.90 Å². The van der Waals surface area contributed by atoms with Crippen LogP contribution in [0.1, 0.15) is 47.3 Å². The third kappa shape index (κ3) is 5.19. The van der Waals surface area contributed by atoms with E-state index < -0.39 is 0 Å². The van der Waals surface area contributed by atoms with Gasteiger partial charge in [0.1, 0.15) is 5.82 Å². The highest BCUT2D eigenvalue weighted by molar-refractivity contribution is 7.97. The number of hydrogen-bond donors (Lipinski definition) is 1. The lowest BCUT2D eigenvalue weighted by atomic mass is 10.1. The van der Waals surface area contributed by atoms with Crippen LogP contribution in [0.5, 0.6) is 0 Å². The summed E-state index contributed by atoms with van der Waals surface area (Å²) in [5, 5.41) is 0.734. The Labute approximate surface area is 227 Å². The van der Waals surface area contributed by atoms with Crippen molar-refractivity contribution in [1.29, 1.82) is 0 Å². The Kier molecular flexibility index (Phi) is 6.80. The molecule has 1 aromatic heterocycles. The molecule has 3 atom stereocenters. The lowest BCUT2D eigenvalue weighted by Gasteiger charge is -2.24. The molecule has 0 aliphatic heterocycles. The quantitative estimate of drug-likeness (QED) is 0.259. The van der Waals surface area contributed by atoms with Crippen LogP contribution in [-0.2, 0) is 24.8 Å². The van der Waals surface area contributed by atoms with E-state index in [0.29, 0.717) is 6.54 Å². The number of hydrogen-bond acceptors (Lipinski definition) is 4. The Morgan fingerprint density at radius 3 is 2.78 bits per heavy atom. The van der Waals surface area contributed by atoms with Crippen LogP contribution < -0.4 is 9.62 Å². The lowest BCUT2D eigenvalue weighted by molar-refractivity contribution is -0.120. The number of aryl methyl sites for hydroxylation is 2. The summed E-state index contributed by atoms with van der Waals surface area (Å²) in [5.74, 6) is 1.34. The summed E-state index contributed by atoms with van der Waals surface area (Å²) in [6, 6.07) is 25.0. The largest absolute Gasteiger partial charge is 0.337 e. The molecule has 1 N–H and O–H groups in total. The molecular formula is C30H29ClN4OS. The molecule has 37 heavy (non-hydrogen) atoms. The fourth-order valence-corrected chi connectivity index (χ4v) is 6.38. The van der Waals surface area contributed by atoms with Crippen LogP contribution in [0.2, 0.25) is 5.02 Å². The summed E-state index contributed by atoms with van der Waals surface area (Å²) in [4.78, 5) is 21.5. The number of nitrogens with zero attached hydrogens (tertiary/aromatic N) is 3. The second-order valence-corrected chi connectivity index (χ2v) is 11.2. The van der Waals surface area contributed by atoms with Gasteiger partial charge in [-0.05, 0) is 84.2 Å². The average molecular weight is 529 g/mol. The summed E-state index contributed by atoms with van der Waals surface area (Å²) in [6.07, 6.45) is 6.66. The molecule has 3 unspecified atom stereocenters. The Bertz CT molecular complexity index is 1420. The van der Waals surface area contributed by atoms with Crippen molar-refractivity contribution in [2.45, 2.75) is 42.7 Å². The van der Waals surface area contributed by atoms with Crippen LogP contribution in [0.25, 0.3) is 0 Å². The van der Waals surface area contributed by atoms with Crippen molar-refractivity contribution in [3.05, 3.63) is 113 Å². The smallest absolute Gasteiger partial charge is 0.231 e. The van der Waals surface area contributed by atoms with Crippen molar-refractivity contribution in [3.63, 3.8) is 0 Å². The average Bonchev–Trinajstić information content (AvgIpc) is 3.47. The number of anilines is 1. The summed E-state index contributed by atoms with van der Waals surface area (Å²) in [6.45, 7) is 0.453. The van der Waals surface area contributed by atoms with E-state index in [-0.39, 0.29) is 23.8 Å². The minimum absolute atomic E-state index is 0.00299. The predicted molar refractivity (Wildman–Crippen MR) is 150 cm³/mol. The normalized spacial score (nSPS) is 20.0. The topological polar surface area (TPSA) is 50.2 Å². The molecule has 5 nitrogen and oxygen atoms in total. The standard InChI is InChI=1S/C30H29ClN4OS/c1-34-15-14-32-29(34)19-35(30(36)27-18-25(27)20-6-3-2-4-7-20)23-12-10-21-11-13-28(26(21)17-23)33-37-24-9-5-8-22(31)16-24/h2-10,12,14-17,25,27-28,33H,11,13,18-19H2,1H3. The number of imidazole rings is 1. The van der Waals surface area contributed by atoms with Gasteiger partial charge in [-0.3, -0.25) is 9.52 Å². The van der Waals surface area contributed by atoms with Crippen molar-refractivity contribution in [1.82, 2.24) is 14.3 Å². The molecule has 0 spiro atoms. The summed E-state index contributed by atoms with van der Waals surface area (Å²) >= 11 is 7.78. The molecule has 1 saturated carbocycles. The second-order valence-electron chi connectivity index (χ2n) is 9.89. The van der Waals surface area contributed by atoms with E-state index in [9.17, 15) is 4.79 Å². The number of nitrogens with one attached hydrogen (secondary N) is 1. The minimum atomic E-state index is 0.00299. The molecule has 6 rings (SSSR count). The molecular weight excluding hydrogens is 500 g/mol. The number of halogens is 1. The first-order valence-electron chi connectivity index (χ1n) is 12.7. The van der Waals surface area contributed by atoms with Crippen LogP contribution in [0.15, 0.2) is 90.1 Å². The molecule has 188 valence electrons. The number of aromatic nitrogens is 2. The first-order valence-corrected chi connectivity index (χ1v) is 13.9. The van der Waals surface area contributed by atoms with Gasteiger partial charge in [-0.25, -0.2) is 4.98 Å². The Morgan fingerprint density at radius 1 is 1.14 bits per heavy atom. The molecule has 0 saturated heterocycles. The van der Waals surface area contributed by atoms with Gasteiger partial charge >= 0.3 is 0 Å². The third-order valence-electron chi connectivity index (χ3n) is 7.46. The van der Waals surface area contributed by atoms with E-state index >= 15 is 0 Å². The molecule has 0 bridgehead atoms. The summed E-state index contributed by atoms with van der Waals surface area (Å²) in [5.41, 5.74) is 4.78. The van der Waals surface area contributed by atoms with Gasteiger partial charge in [0.05, 0.1) is 6.54 Å². The summed E-state index contributed by atoms with van der Waals surface area (Å²) in [7, 11) is 1.98. The number of carbonyl (C=O) groups excluding carboxylic acids is 1. The number of amides is 1. The van der Waals surface area contributed by atoms with Crippen LogP contribution in [0.3, 0.4) is 0 Å². The van der Waals surface area contributed by atoms with Gasteiger partial charge in [0, 0.05) is 47.0 Å². The molecule has 3 aromatic carbocycles. The minimum Gasteiger partial charge on any atom is -0.337 e. The van der Waals surface area contributed by atoms with Crippen LogP contribution >= 0.6 is 23.5 Å². The van der Waals surface area contributed by atoms with Crippen molar-refractivity contribution in [2.24, 2.45) is 13.0 Å². The first-order chi connectivity index (χ1) is 18.1. The maximum atomic E-state index is 13.9. The molecule has 2 aliphatic carbocycles. The zero-order chi connectivity index (χ0) is 25.4. The van der Waals surface area contributed by atoms with Crippen LogP contribution in [0, 0.1) is 5.92 Å². The second kappa shape index (κ2) is 10.4. The molecule has 1 heterocycles. The maximum Gasteiger partial charge on any atom is 0.231 e. The highest BCUT2D eigenvalue weighted by Crippen LogP contribution is 2.49. The van der Waals surface area contributed by atoms with Crippen molar-refractivity contribution >= 4 is 35.1 Å². The molecule has 4 aromatic rings. The number of fused-ring (bicyclic) bond motifs is 1. The monoisotopic (exact) mass is 528 g/mol. The highest BCUT2D eigenvalue weighted by Gasteiger charge is 2.46. The van der Waals surface area contributed by atoms with Gasteiger partial charge in [-0.2, -0.15) is 0 Å². The van der Waals surface area contributed by atoms with E-state index in [2.05, 4.69) is 58.2 Å². The molecule has 2 aliphatic rings. The molecule has 1 amide bonds. The van der Waals surface area contributed by atoms with Gasteiger partial charge in [0.15, 0.2) is 0 Å². The van der Waals surface area contributed by atoms with Gasteiger partial charge in [-0.1, -0.05) is 54.1 Å². The molecule has 7 heteroatoms. The SMILES string of the molecule is Cn1ccnc1CN(C(=O)C1CC1c1ccccc1)c1ccc2c(c1)C(NSc1cccc(Cl)c1)CC2. The Balaban J connectivity index is 1.25. The third-order valence-corrected chi connectivity index (χ3v) is 8.58. The maximum absolute atomic E-state index is 13.9. The van der Waals surface area contributed by atoms with Crippen molar-refractivity contribution in [3.8, 4) is 0 Å². The van der Waals surface area contributed by atoms with E-state index in [4.69, 9.17) is 11.6 Å². The van der Waals surface area contributed by atoms with E-state index in [1.807, 2.05) is 47.0 Å². The molecule has 1 fully saturated rings. The number of rotatable bonds is 8. The zero-order valence-corrected chi connectivity index (χ0v) is 22.3. The molecule has 0 radical (unpaired) electrons. The highest BCUT2D eigenvalue weighted by atomic mass is 35.5. The van der Waals surface area contributed by atoms with E-state index in [1.54, 1.807) is 18.1 Å². The predicted octanol–water partition coefficient (Wildman–Crippen LogP) is 6.69. The van der Waals surface area contributed by atoms with Gasteiger partial charge in [0.25, 0.3) is 0 Å².